The Balaban J connectivity index is 4.26. The minimum atomic E-state index is -3.29. The fraction of sp³-hybridized carbons (Fsp3) is 1.00. The molecule has 4 nitrogen and oxygen atoms in total. The van der Waals surface area contributed by atoms with Crippen LogP contribution in [-0.2, 0) is 9.22 Å². The normalized spacial score (nSPS) is 15.0. The van der Waals surface area contributed by atoms with Gasteiger partial charge in [0.1, 0.15) is 0 Å². The molecule has 0 rings (SSSR count). The van der Waals surface area contributed by atoms with Gasteiger partial charge in [0.15, 0.2) is 0 Å². The van der Waals surface area contributed by atoms with Gasteiger partial charge in [-0.15, -0.1) is 0 Å². The van der Waals surface area contributed by atoms with E-state index in [-0.39, 0.29) is 4.06 Å². The number of hydrogen-bond acceptors (Lipinski definition) is 4. The first-order valence-electron chi connectivity index (χ1n) is 3.57. The van der Waals surface area contributed by atoms with Crippen molar-refractivity contribution in [3.63, 3.8) is 0 Å². The SMILES string of the molecule is CC[CH](N)[Sn]([O]C)([O]C)[O]C. The third-order valence-corrected chi connectivity index (χ3v) is 10.4. The fourth-order valence-corrected chi connectivity index (χ4v) is 6.40. The molecule has 0 heterocycles. The molecule has 0 radical (unpaired) electrons. The molecule has 0 amide bonds. The van der Waals surface area contributed by atoms with Crippen LogP contribution in [0.15, 0.2) is 0 Å². The van der Waals surface area contributed by atoms with Gasteiger partial charge in [0.05, 0.1) is 0 Å². The van der Waals surface area contributed by atoms with Gasteiger partial charge in [0, 0.05) is 0 Å². The van der Waals surface area contributed by atoms with Crippen LogP contribution >= 0.6 is 0 Å². The first kappa shape index (κ1) is 11.6. The average molecular weight is 270 g/mol. The van der Waals surface area contributed by atoms with Gasteiger partial charge < -0.3 is 0 Å². The van der Waals surface area contributed by atoms with Crippen molar-refractivity contribution in [2.45, 2.75) is 17.4 Å². The molecule has 5 heteroatoms. The van der Waals surface area contributed by atoms with Crippen molar-refractivity contribution in [1.29, 1.82) is 0 Å². The molecule has 0 bridgehead atoms. The quantitative estimate of drug-likeness (QED) is 0.722. The van der Waals surface area contributed by atoms with E-state index >= 15 is 0 Å². The summed E-state index contributed by atoms with van der Waals surface area (Å²) in [5, 5.41) is 0. The Labute approximate surface area is 73.5 Å². The topological polar surface area (TPSA) is 53.7 Å². The zero-order chi connectivity index (χ0) is 8.91. The Morgan fingerprint density at radius 3 is 1.64 bits per heavy atom. The van der Waals surface area contributed by atoms with Gasteiger partial charge >= 0.3 is 73.3 Å². The van der Waals surface area contributed by atoms with E-state index in [4.69, 9.17) is 15.0 Å². The van der Waals surface area contributed by atoms with E-state index in [0.29, 0.717) is 0 Å². The third-order valence-electron chi connectivity index (χ3n) is 1.75. The summed E-state index contributed by atoms with van der Waals surface area (Å²) in [7, 11) is 4.79. The van der Waals surface area contributed by atoms with E-state index in [1.54, 1.807) is 21.3 Å². The summed E-state index contributed by atoms with van der Waals surface area (Å²) in [6, 6.07) is 0. The molecule has 0 aromatic heterocycles. The first-order valence-corrected chi connectivity index (χ1v) is 8.72. The molecule has 1 unspecified atom stereocenters. The van der Waals surface area contributed by atoms with Gasteiger partial charge in [-0.25, -0.2) is 0 Å². The van der Waals surface area contributed by atoms with Gasteiger partial charge in [0.2, 0.25) is 0 Å². The molecule has 0 aliphatic heterocycles. The summed E-state index contributed by atoms with van der Waals surface area (Å²) in [6.45, 7) is 1.99. The van der Waals surface area contributed by atoms with Gasteiger partial charge in [0.25, 0.3) is 0 Å². The summed E-state index contributed by atoms with van der Waals surface area (Å²) in [5.74, 6) is 0. The zero-order valence-corrected chi connectivity index (χ0v) is 10.4. The van der Waals surface area contributed by atoms with E-state index in [1.807, 2.05) is 6.92 Å². The Bertz CT molecular complexity index is 99.7. The molecule has 11 heavy (non-hydrogen) atoms. The molecule has 0 fully saturated rings. The van der Waals surface area contributed by atoms with Crippen LogP contribution in [0.4, 0.5) is 0 Å². The molecule has 0 aliphatic carbocycles. The second-order valence-corrected chi connectivity index (χ2v) is 11.3. The molecule has 68 valence electrons. The fourth-order valence-electron chi connectivity index (χ4n) is 0.954. The summed E-state index contributed by atoms with van der Waals surface area (Å²) < 4.78 is 15.6. The average Bonchev–Trinajstić information content (AvgIpc) is 2.08. The van der Waals surface area contributed by atoms with Crippen LogP contribution in [0.5, 0.6) is 0 Å². The third kappa shape index (κ3) is 2.55. The Hall–Kier alpha value is 0.639. The van der Waals surface area contributed by atoms with Crippen molar-refractivity contribution < 1.29 is 9.22 Å². The van der Waals surface area contributed by atoms with Crippen molar-refractivity contribution in [2.75, 3.05) is 21.3 Å². The van der Waals surface area contributed by atoms with Crippen LogP contribution in [0.1, 0.15) is 13.3 Å². The molecule has 0 spiro atoms. The van der Waals surface area contributed by atoms with Crippen molar-refractivity contribution in [3.8, 4) is 0 Å². The van der Waals surface area contributed by atoms with Gasteiger partial charge in [-0.2, -0.15) is 0 Å². The Morgan fingerprint density at radius 1 is 1.18 bits per heavy atom. The van der Waals surface area contributed by atoms with Gasteiger partial charge in [-0.3, -0.25) is 0 Å². The van der Waals surface area contributed by atoms with E-state index in [2.05, 4.69) is 0 Å². The van der Waals surface area contributed by atoms with E-state index in [9.17, 15) is 0 Å². The molecular weight excluding hydrogens is 253 g/mol. The van der Waals surface area contributed by atoms with Crippen LogP contribution in [0, 0.1) is 0 Å². The van der Waals surface area contributed by atoms with Crippen molar-refractivity contribution in [3.05, 3.63) is 0 Å². The van der Waals surface area contributed by atoms with Gasteiger partial charge in [-0.1, -0.05) is 0 Å². The van der Waals surface area contributed by atoms with Crippen LogP contribution < -0.4 is 5.73 Å². The van der Waals surface area contributed by atoms with Gasteiger partial charge in [-0.05, 0) is 0 Å². The zero-order valence-electron chi connectivity index (χ0n) is 7.59. The number of hydrogen-bond donors (Lipinski definition) is 1. The van der Waals surface area contributed by atoms with E-state index < -0.39 is 19.6 Å². The Morgan fingerprint density at radius 2 is 1.55 bits per heavy atom. The molecule has 1 atom stereocenters. The van der Waals surface area contributed by atoms with Crippen molar-refractivity contribution in [2.24, 2.45) is 5.73 Å². The molecule has 0 aliphatic rings. The monoisotopic (exact) mass is 271 g/mol. The van der Waals surface area contributed by atoms with E-state index in [0.717, 1.165) is 6.42 Å². The molecule has 0 aromatic rings. The summed E-state index contributed by atoms with van der Waals surface area (Å²) in [5.41, 5.74) is 5.80. The maximum absolute atomic E-state index is 5.80. The van der Waals surface area contributed by atoms with Crippen LogP contribution in [0.3, 0.4) is 0 Å². The second-order valence-electron chi connectivity index (χ2n) is 2.23. The van der Waals surface area contributed by atoms with Crippen molar-refractivity contribution >= 4 is 19.6 Å². The molecule has 0 aromatic carbocycles. The van der Waals surface area contributed by atoms with Crippen molar-refractivity contribution in [1.82, 2.24) is 0 Å². The molecule has 2 N–H and O–H groups in total. The van der Waals surface area contributed by atoms with Crippen LogP contribution in [0.25, 0.3) is 0 Å². The molecule has 0 saturated heterocycles. The number of nitrogens with two attached hydrogens (primary N) is 1. The maximum atomic E-state index is 5.80. The predicted molar refractivity (Wildman–Crippen MR) is 45.0 cm³/mol. The Kier molecular flexibility index (Phi) is 5.62. The van der Waals surface area contributed by atoms with Crippen LogP contribution in [-0.4, -0.2) is 45.0 Å². The predicted octanol–water partition coefficient (Wildman–Crippen LogP) is 0.141. The minimum absolute atomic E-state index is 0.0655. The number of rotatable bonds is 5. The van der Waals surface area contributed by atoms with E-state index in [1.165, 1.54) is 0 Å². The standard InChI is InChI=1S/C3H8N.3CH3O.Sn/c1-2-3-4;3*1-2;/h3H,2,4H2,1H3;3*1H3;/q;3*-1;+3. The summed E-state index contributed by atoms with van der Waals surface area (Å²) in [4.78, 5) is 0. The van der Waals surface area contributed by atoms with Crippen LogP contribution in [0.2, 0.25) is 0 Å². The molecular formula is C6H17NO3Sn. The summed E-state index contributed by atoms with van der Waals surface area (Å²) in [6.07, 6.45) is 0.825. The second kappa shape index (κ2) is 5.31. The first-order chi connectivity index (χ1) is 5.16. The molecule has 0 saturated carbocycles. The summed E-state index contributed by atoms with van der Waals surface area (Å²) >= 11 is -3.29.